The molecule has 0 spiro atoms. The number of aromatic amines is 2. The van der Waals surface area contributed by atoms with Gasteiger partial charge >= 0.3 is 15.8 Å². The molecule has 1 rings (SSSR count). The first-order valence-electron chi connectivity index (χ1n) is 2.71. The molecule has 0 aliphatic heterocycles. The minimum Gasteiger partial charge on any atom is -0.313 e. The van der Waals surface area contributed by atoms with Crippen LogP contribution in [-0.4, -0.2) is 22.9 Å². The molecular weight excluding hydrogens is 224 g/mol. The lowest BCUT2D eigenvalue weighted by atomic mass is 10.7. The maximum Gasteiger partial charge on any atom is 0.325 e. The van der Waals surface area contributed by atoms with Crippen molar-refractivity contribution in [1.82, 2.24) is 9.97 Å². The fraction of sp³-hybridized carbons (Fsp3) is 0. The fourth-order valence-corrected chi connectivity index (χ4v) is 1.08. The summed E-state index contributed by atoms with van der Waals surface area (Å²) in [6, 6.07) is 0. The summed E-state index contributed by atoms with van der Waals surface area (Å²) in [4.78, 5) is 23.7. The fourth-order valence-electron chi connectivity index (χ4n) is 0.589. The Balaban J connectivity index is 0.00000144. The van der Waals surface area contributed by atoms with E-state index < -0.39 is 26.3 Å². The summed E-state index contributed by atoms with van der Waals surface area (Å²) in [7, 11) is -4.56. The van der Waals surface area contributed by atoms with Crippen molar-refractivity contribution in [2.45, 2.75) is 4.90 Å². The highest BCUT2D eigenvalue weighted by Crippen LogP contribution is 1.94. The van der Waals surface area contributed by atoms with Gasteiger partial charge in [0.2, 0.25) is 0 Å². The molecule has 1 heterocycles. The molecule has 0 fully saturated rings. The summed E-state index contributed by atoms with van der Waals surface area (Å²) in [5, 5.41) is 0. The Hall–Kier alpha value is -1.12. The zero-order valence-corrected chi connectivity index (χ0v) is 7.61. The van der Waals surface area contributed by atoms with Crippen LogP contribution in [0.3, 0.4) is 0 Å². The van der Waals surface area contributed by atoms with E-state index in [1.807, 2.05) is 4.98 Å². The van der Waals surface area contributed by atoms with Crippen molar-refractivity contribution in [2.24, 2.45) is 0 Å². The quantitative estimate of drug-likeness (QED) is 0.518. The Morgan fingerprint density at radius 1 is 1.31 bits per heavy atom. The second-order valence-electron chi connectivity index (χ2n) is 1.91. The number of hydrogen-bond donors (Lipinski definition) is 3. The molecule has 0 saturated carbocycles. The second-order valence-corrected chi connectivity index (χ2v) is 3.30. The van der Waals surface area contributed by atoms with Gasteiger partial charge in [0.15, 0.2) is 4.90 Å². The van der Waals surface area contributed by atoms with Gasteiger partial charge in [0.05, 0.1) is 0 Å². The average Bonchev–Trinajstić information content (AvgIpc) is 1.83. The molecule has 0 amide bonds. The van der Waals surface area contributed by atoms with Crippen LogP contribution in [0.2, 0.25) is 0 Å². The summed E-state index contributed by atoms with van der Waals surface area (Å²) in [6.07, 6.45) is 0.622. The number of hydrogen-bond acceptors (Lipinski definition) is 4. The zero-order valence-electron chi connectivity index (χ0n) is 5.97. The number of halogens is 1. The molecule has 7 nitrogen and oxygen atoms in total. The first-order chi connectivity index (χ1) is 5.41. The van der Waals surface area contributed by atoms with Crippen molar-refractivity contribution in [1.29, 1.82) is 0 Å². The van der Waals surface area contributed by atoms with Crippen molar-refractivity contribution in [3.63, 3.8) is 0 Å². The van der Waals surface area contributed by atoms with Crippen LogP contribution in [0.5, 0.6) is 0 Å². The molecule has 9 heteroatoms. The van der Waals surface area contributed by atoms with Crippen molar-refractivity contribution in [3.8, 4) is 0 Å². The van der Waals surface area contributed by atoms with Gasteiger partial charge in [0, 0.05) is 6.20 Å². The van der Waals surface area contributed by atoms with Gasteiger partial charge in [-0.25, -0.2) is 4.79 Å². The van der Waals surface area contributed by atoms with Gasteiger partial charge in [0.1, 0.15) is 0 Å². The Bertz CT molecular complexity index is 500. The normalized spacial score (nSPS) is 10.5. The molecule has 0 bridgehead atoms. The molecule has 74 valence electrons. The van der Waals surface area contributed by atoms with E-state index in [0.717, 1.165) is 0 Å². The van der Waals surface area contributed by atoms with Crippen LogP contribution < -0.4 is 11.2 Å². The molecule has 1 aromatic heterocycles. The molecule has 0 aliphatic carbocycles. The third kappa shape index (κ3) is 2.68. The summed E-state index contributed by atoms with van der Waals surface area (Å²) in [5.74, 6) is 0. The van der Waals surface area contributed by atoms with Gasteiger partial charge in [-0.3, -0.25) is 14.3 Å². The Morgan fingerprint density at radius 2 is 1.85 bits per heavy atom. The van der Waals surface area contributed by atoms with Crippen LogP contribution in [0.1, 0.15) is 0 Å². The lowest BCUT2D eigenvalue weighted by Gasteiger charge is -1.91. The van der Waals surface area contributed by atoms with Crippen molar-refractivity contribution >= 4 is 22.5 Å². The minimum absolute atomic E-state index is 0. The molecule has 0 atom stereocenters. The van der Waals surface area contributed by atoms with Crippen LogP contribution in [-0.2, 0) is 10.1 Å². The number of H-pyrrole nitrogens is 2. The van der Waals surface area contributed by atoms with E-state index in [-0.39, 0.29) is 12.4 Å². The second kappa shape index (κ2) is 3.73. The topological polar surface area (TPSA) is 120 Å². The van der Waals surface area contributed by atoms with Gasteiger partial charge in [-0.1, -0.05) is 0 Å². The van der Waals surface area contributed by atoms with Crippen LogP contribution in [0, 0.1) is 0 Å². The highest BCUT2D eigenvalue weighted by Gasteiger charge is 2.14. The number of rotatable bonds is 1. The molecule has 13 heavy (non-hydrogen) atoms. The molecule has 0 unspecified atom stereocenters. The highest BCUT2D eigenvalue weighted by atomic mass is 35.5. The summed E-state index contributed by atoms with van der Waals surface area (Å²) in [6.45, 7) is 0. The lowest BCUT2D eigenvalue weighted by molar-refractivity contribution is 0.481. The largest absolute Gasteiger partial charge is 0.325 e. The zero-order chi connectivity index (χ0) is 9.35. The van der Waals surface area contributed by atoms with Gasteiger partial charge < -0.3 is 4.98 Å². The smallest absolute Gasteiger partial charge is 0.313 e. The van der Waals surface area contributed by atoms with E-state index in [4.69, 9.17) is 4.55 Å². The van der Waals surface area contributed by atoms with Crippen LogP contribution in [0.25, 0.3) is 0 Å². The molecule has 3 N–H and O–H groups in total. The van der Waals surface area contributed by atoms with E-state index in [2.05, 4.69) is 0 Å². The average molecular weight is 229 g/mol. The Kier molecular flexibility index (Phi) is 3.41. The maximum atomic E-state index is 10.7. The third-order valence-electron chi connectivity index (χ3n) is 1.06. The molecule has 0 aromatic carbocycles. The van der Waals surface area contributed by atoms with E-state index in [1.54, 1.807) is 4.98 Å². The number of nitrogens with one attached hydrogen (secondary N) is 2. The molecule has 0 aliphatic rings. The summed E-state index contributed by atoms with van der Waals surface area (Å²) < 4.78 is 29.1. The molecular formula is C4H5ClN2O5S. The van der Waals surface area contributed by atoms with Crippen molar-refractivity contribution < 1.29 is 13.0 Å². The van der Waals surface area contributed by atoms with Gasteiger partial charge in [-0.05, 0) is 0 Å². The van der Waals surface area contributed by atoms with Crippen LogP contribution in [0.4, 0.5) is 0 Å². The van der Waals surface area contributed by atoms with Crippen molar-refractivity contribution in [2.75, 3.05) is 0 Å². The standard InChI is InChI=1S/C4H4N2O5S.ClH/c7-3-2(12(9,10)11)1-5-4(8)6-3;/h1H,(H,9,10,11)(H2,5,6,7,8);1H. The SMILES string of the molecule is Cl.O=c1[nH]cc(S(=O)(=O)O)c(=O)[nH]1. The number of aromatic nitrogens is 2. The molecule has 0 radical (unpaired) electrons. The van der Waals surface area contributed by atoms with Gasteiger partial charge in [-0.15, -0.1) is 12.4 Å². The molecule has 0 saturated heterocycles. The molecule has 1 aromatic rings. The summed E-state index contributed by atoms with van der Waals surface area (Å²) >= 11 is 0. The van der Waals surface area contributed by atoms with Gasteiger partial charge in [-0.2, -0.15) is 8.42 Å². The monoisotopic (exact) mass is 228 g/mol. The van der Waals surface area contributed by atoms with Crippen LogP contribution in [0.15, 0.2) is 20.7 Å². The van der Waals surface area contributed by atoms with Crippen LogP contribution >= 0.6 is 12.4 Å². The predicted molar refractivity (Wildman–Crippen MR) is 44.7 cm³/mol. The van der Waals surface area contributed by atoms with Crippen molar-refractivity contribution in [3.05, 3.63) is 27.0 Å². The van der Waals surface area contributed by atoms with E-state index in [1.165, 1.54) is 0 Å². The van der Waals surface area contributed by atoms with E-state index in [0.29, 0.717) is 6.20 Å². The van der Waals surface area contributed by atoms with Gasteiger partial charge in [0.25, 0.3) is 5.56 Å². The maximum absolute atomic E-state index is 10.7. The first kappa shape index (κ1) is 11.9. The Labute approximate surface area is 78.0 Å². The first-order valence-corrected chi connectivity index (χ1v) is 4.15. The predicted octanol–water partition coefficient (Wildman–Crippen LogP) is -1.27. The Morgan fingerprint density at radius 3 is 2.23 bits per heavy atom. The third-order valence-corrected chi connectivity index (χ3v) is 1.92. The van der Waals surface area contributed by atoms with E-state index in [9.17, 15) is 18.0 Å². The van der Waals surface area contributed by atoms with E-state index >= 15 is 0 Å². The summed E-state index contributed by atoms with van der Waals surface area (Å²) in [5.41, 5.74) is -1.99. The lowest BCUT2D eigenvalue weighted by Crippen LogP contribution is -2.26. The minimum atomic E-state index is -4.56. The highest BCUT2D eigenvalue weighted by molar-refractivity contribution is 7.85.